The molecule has 10 heteroatoms. The molecule has 0 aliphatic heterocycles. The lowest BCUT2D eigenvalue weighted by Crippen LogP contribution is -1.87. The lowest BCUT2D eigenvalue weighted by atomic mass is 10.3. The second kappa shape index (κ2) is 25.3. The second-order valence-corrected chi connectivity index (χ2v) is 4.00. The molecule has 0 heterocycles. The minimum atomic E-state index is -1.93. The largest absolute Gasteiger partial charge is 0.772 e. The summed E-state index contributed by atoms with van der Waals surface area (Å²) in [5.74, 6) is 0.889. The standard InChI is InChI=1S/C4H10.C3H6O2S.2CH2O3.H3N/c1-4(2)3;1-2-3-6(4)5;2*2-1(3)4;/h4H,1-3H3;2H,1,3H2,(H,4,5);2*(H2,2,3,4);1H3/p-1. The maximum absolute atomic E-state index is 9.53. The predicted octanol–water partition coefficient (Wildman–Crippen LogP) is 2.32. The minimum Gasteiger partial charge on any atom is -0.772 e. The van der Waals surface area contributed by atoms with Crippen molar-refractivity contribution in [3.8, 4) is 0 Å². The summed E-state index contributed by atoms with van der Waals surface area (Å²) < 4.78 is 19.1. The van der Waals surface area contributed by atoms with Crippen LogP contribution in [0.15, 0.2) is 12.7 Å². The molecule has 118 valence electrons. The Balaban J connectivity index is -0.0000000459. The fourth-order valence-electron chi connectivity index (χ4n) is 0.0962. The third-order valence-electron chi connectivity index (χ3n) is 0.254. The molecule has 0 aliphatic rings. The van der Waals surface area contributed by atoms with Gasteiger partial charge in [0.15, 0.2) is 0 Å². The third kappa shape index (κ3) is 1850. The molecule has 0 radical (unpaired) electrons. The summed E-state index contributed by atoms with van der Waals surface area (Å²) in [7, 11) is 0. The van der Waals surface area contributed by atoms with Crippen LogP contribution in [-0.2, 0) is 11.1 Å². The van der Waals surface area contributed by atoms with Crippen molar-refractivity contribution in [2.24, 2.45) is 5.92 Å². The molecule has 7 N–H and O–H groups in total. The average molecular weight is 304 g/mol. The molecular formula is C9H22NO8S-. The zero-order valence-electron chi connectivity index (χ0n) is 11.1. The minimum absolute atomic E-state index is 0. The number of rotatable bonds is 2. The molecule has 0 saturated heterocycles. The zero-order chi connectivity index (χ0) is 15.7. The number of hydrogen-bond donors (Lipinski definition) is 5. The molecule has 9 nitrogen and oxygen atoms in total. The van der Waals surface area contributed by atoms with E-state index in [1.165, 1.54) is 6.08 Å². The van der Waals surface area contributed by atoms with Crippen LogP contribution < -0.4 is 6.15 Å². The van der Waals surface area contributed by atoms with Crippen molar-refractivity contribution in [3.63, 3.8) is 0 Å². The van der Waals surface area contributed by atoms with E-state index >= 15 is 0 Å². The van der Waals surface area contributed by atoms with E-state index < -0.39 is 23.4 Å². The van der Waals surface area contributed by atoms with E-state index in [2.05, 4.69) is 27.4 Å². The fourth-order valence-corrected chi connectivity index (χ4v) is 0.289. The molecule has 0 aromatic heterocycles. The molecule has 0 saturated carbocycles. The molecule has 1 atom stereocenters. The Morgan fingerprint density at radius 3 is 1.32 bits per heavy atom. The molecular weight excluding hydrogens is 282 g/mol. The van der Waals surface area contributed by atoms with Crippen LogP contribution in [-0.4, -0.2) is 47.3 Å². The highest BCUT2D eigenvalue weighted by atomic mass is 32.2. The first-order valence-electron chi connectivity index (χ1n) is 4.47. The van der Waals surface area contributed by atoms with E-state index in [9.17, 15) is 8.76 Å². The van der Waals surface area contributed by atoms with Crippen LogP contribution in [0.3, 0.4) is 0 Å². The smallest absolute Gasteiger partial charge is 0.503 e. The first kappa shape index (κ1) is 30.4. The van der Waals surface area contributed by atoms with Crippen molar-refractivity contribution in [1.82, 2.24) is 6.15 Å². The topological polar surface area (TPSA) is 190 Å². The summed E-state index contributed by atoms with van der Waals surface area (Å²) in [5.41, 5.74) is 0. The van der Waals surface area contributed by atoms with Crippen molar-refractivity contribution in [1.29, 1.82) is 0 Å². The van der Waals surface area contributed by atoms with Crippen LogP contribution in [0.2, 0.25) is 0 Å². The van der Waals surface area contributed by atoms with Crippen LogP contribution in [0.1, 0.15) is 20.8 Å². The zero-order valence-corrected chi connectivity index (χ0v) is 11.9. The van der Waals surface area contributed by atoms with Gasteiger partial charge in [0.05, 0.1) is 0 Å². The van der Waals surface area contributed by atoms with Crippen LogP contribution in [0.4, 0.5) is 9.59 Å². The van der Waals surface area contributed by atoms with Gasteiger partial charge in [0.2, 0.25) is 0 Å². The van der Waals surface area contributed by atoms with Gasteiger partial charge in [0.1, 0.15) is 0 Å². The van der Waals surface area contributed by atoms with Crippen LogP contribution in [0.25, 0.3) is 0 Å². The van der Waals surface area contributed by atoms with Gasteiger partial charge in [-0.3, -0.25) is 4.21 Å². The maximum Gasteiger partial charge on any atom is 0.503 e. The monoisotopic (exact) mass is 304 g/mol. The molecule has 0 amide bonds. The molecule has 19 heavy (non-hydrogen) atoms. The van der Waals surface area contributed by atoms with Gasteiger partial charge in [0.25, 0.3) is 0 Å². The molecule has 0 rings (SSSR count). The highest BCUT2D eigenvalue weighted by Gasteiger charge is 1.70. The molecule has 1 unspecified atom stereocenters. The highest BCUT2D eigenvalue weighted by molar-refractivity contribution is 7.79. The van der Waals surface area contributed by atoms with Crippen LogP contribution >= 0.6 is 0 Å². The van der Waals surface area contributed by atoms with Crippen molar-refractivity contribution < 1.29 is 38.8 Å². The number of carboxylic acid groups (broad SMARTS) is 4. The molecule has 0 aromatic rings. The van der Waals surface area contributed by atoms with Crippen molar-refractivity contribution in [2.45, 2.75) is 20.8 Å². The molecule has 0 bridgehead atoms. The highest BCUT2D eigenvalue weighted by Crippen LogP contribution is 1.81. The van der Waals surface area contributed by atoms with Crippen LogP contribution in [0.5, 0.6) is 0 Å². The maximum atomic E-state index is 9.53. The van der Waals surface area contributed by atoms with E-state index in [0.717, 1.165) is 5.92 Å². The van der Waals surface area contributed by atoms with Crippen molar-refractivity contribution in [3.05, 3.63) is 12.7 Å². The lowest BCUT2D eigenvalue weighted by molar-refractivity contribution is 0.135. The van der Waals surface area contributed by atoms with E-state index in [1.54, 1.807) is 0 Å². The Hall–Kier alpha value is -1.65. The van der Waals surface area contributed by atoms with E-state index in [1.807, 2.05) is 0 Å². The Morgan fingerprint density at radius 2 is 1.32 bits per heavy atom. The second-order valence-electron chi connectivity index (χ2n) is 3.06. The van der Waals surface area contributed by atoms with Crippen molar-refractivity contribution in [2.75, 3.05) is 5.75 Å². The van der Waals surface area contributed by atoms with Gasteiger partial charge in [-0.2, -0.15) is 0 Å². The Labute approximate surface area is 114 Å². The summed E-state index contributed by atoms with van der Waals surface area (Å²) in [5, 5.41) is 27.9. The van der Waals surface area contributed by atoms with Gasteiger partial charge < -0.3 is 31.1 Å². The Kier molecular flexibility index (Phi) is 40.4. The summed E-state index contributed by atoms with van der Waals surface area (Å²) >= 11 is -1.93. The van der Waals surface area contributed by atoms with Gasteiger partial charge in [-0.1, -0.05) is 37.9 Å². The normalized spacial score (nSPS) is 8.68. The van der Waals surface area contributed by atoms with Crippen LogP contribution in [0, 0.1) is 5.92 Å². The molecule has 0 aliphatic carbocycles. The van der Waals surface area contributed by atoms with E-state index in [-0.39, 0.29) is 11.9 Å². The summed E-state index contributed by atoms with van der Waals surface area (Å²) in [6, 6.07) is 0. The van der Waals surface area contributed by atoms with E-state index in [4.69, 9.17) is 30.0 Å². The van der Waals surface area contributed by atoms with Crippen molar-refractivity contribution >= 4 is 23.4 Å². The number of hydrogen-bond acceptors (Lipinski definition) is 5. The predicted molar refractivity (Wildman–Crippen MR) is 70.8 cm³/mol. The summed E-state index contributed by atoms with van der Waals surface area (Å²) in [6.45, 7) is 9.71. The van der Waals surface area contributed by atoms with Gasteiger partial charge in [-0.15, -0.1) is 6.58 Å². The van der Waals surface area contributed by atoms with Gasteiger partial charge in [0, 0.05) is 5.75 Å². The average Bonchev–Trinajstić information content (AvgIpc) is 1.98. The molecule has 0 spiro atoms. The number of carbonyl (C=O) groups is 2. The van der Waals surface area contributed by atoms with Gasteiger partial charge in [-0.25, -0.2) is 9.59 Å². The van der Waals surface area contributed by atoms with Gasteiger partial charge >= 0.3 is 12.3 Å². The first-order valence-corrected chi connectivity index (χ1v) is 5.72. The molecule has 0 aromatic carbocycles. The van der Waals surface area contributed by atoms with E-state index in [0.29, 0.717) is 0 Å². The van der Waals surface area contributed by atoms with Gasteiger partial charge in [-0.05, 0) is 5.92 Å². The Morgan fingerprint density at radius 1 is 1.16 bits per heavy atom. The SMILES string of the molecule is C=CCS(=O)[O-].CC(C)C.N.O=C(O)O.O=C(O)O. The summed E-state index contributed by atoms with van der Waals surface area (Å²) in [6.07, 6.45) is -2.33. The summed E-state index contributed by atoms with van der Waals surface area (Å²) in [4.78, 5) is 17.1. The third-order valence-corrected chi connectivity index (χ3v) is 0.762. The lowest BCUT2D eigenvalue weighted by Gasteiger charge is -1.94. The first-order chi connectivity index (χ1) is 7.97. The molecule has 0 fully saturated rings. The quantitative estimate of drug-likeness (QED) is 0.376. The fraction of sp³-hybridized carbons (Fsp3) is 0.556. The Bertz CT molecular complexity index is 222.